The zero-order chi connectivity index (χ0) is 13.2. The topological polar surface area (TPSA) is 41.1 Å². The second-order valence-corrected chi connectivity index (χ2v) is 4.21. The normalized spacial score (nSPS) is 18.8. The average molecular weight is 295 g/mol. The van der Waals surface area contributed by atoms with Crippen LogP contribution in [0.5, 0.6) is 0 Å². The summed E-state index contributed by atoms with van der Waals surface area (Å²) in [4.78, 5) is 11.7. The first-order valence-corrected chi connectivity index (χ1v) is 5.68. The molecule has 7 heteroatoms. The lowest BCUT2D eigenvalue weighted by Crippen LogP contribution is -2.35. The lowest BCUT2D eigenvalue weighted by Gasteiger charge is -2.12. The van der Waals surface area contributed by atoms with Gasteiger partial charge >= 0.3 is 6.18 Å². The summed E-state index contributed by atoms with van der Waals surface area (Å²) >= 11 is 0. The van der Waals surface area contributed by atoms with Crippen molar-refractivity contribution in [2.24, 2.45) is 0 Å². The summed E-state index contributed by atoms with van der Waals surface area (Å²) in [5.74, 6) is -0.202. The van der Waals surface area contributed by atoms with E-state index in [9.17, 15) is 18.0 Å². The molecule has 1 aromatic rings. The summed E-state index contributed by atoms with van der Waals surface area (Å²) in [5.41, 5.74) is -0.346. The van der Waals surface area contributed by atoms with E-state index in [2.05, 4.69) is 10.6 Å². The SMILES string of the molecule is Cl.O=C(Nc1ccc(C(F)(F)F)cc1)C1CCCN1. The molecule has 0 aromatic heterocycles. The third kappa shape index (κ3) is 4.11. The number of hydrogen-bond donors (Lipinski definition) is 2. The van der Waals surface area contributed by atoms with E-state index in [-0.39, 0.29) is 24.4 Å². The summed E-state index contributed by atoms with van der Waals surface area (Å²) in [7, 11) is 0. The Labute approximate surface area is 115 Å². The van der Waals surface area contributed by atoms with Crippen molar-refractivity contribution in [3.05, 3.63) is 29.8 Å². The van der Waals surface area contributed by atoms with Crippen LogP contribution < -0.4 is 10.6 Å². The summed E-state index contributed by atoms with van der Waals surface area (Å²) < 4.78 is 37.0. The van der Waals surface area contributed by atoms with Crippen LogP contribution in [0.3, 0.4) is 0 Å². The minimum atomic E-state index is -4.35. The van der Waals surface area contributed by atoms with E-state index >= 15 is 0 Å². The van der Waals surface area contributed by atoms with Gasteiger partial charge in [0.15, 0.2) is 0 Å². The molecule has 0 aliphatic carbocycles. The number of nitrogens with one attached hydrogen (secondary N) is 2. The summed E-state index contributed by atoms with van der Waals surface area (Å²) in [6, 6.07) is 4.19. The highest BCUT2D eigenvalue weighted by Gasteiger charge is 2.30. The fraction of sp³-hybridized carbons (Fsp3) is 0.417. The second-order valence-electron chi connectivity index (χ2n) is 4.21. The molecular weight excluding hydrogens is 281 g/mol. The molecule has 1 amide bonds. The number of hydrogen-bond acceptors (Lipinski definition) is 2. The summed E-state index contributed by atoms with van der Waals surface area (Å²) in [6.07, 6.45) is -2.66. The first-order valence-electron chi connectivity index (χ1n) is 5.68. The molecule has 0 bridgehead atoms. The molecule has 2 rings (SSSR count). The Bertz CT molecular complexity index is 428. The summed E-state index contributed by atoms with van der Waals surface area (Å²) in [6.45, 7) is 0.797. The third-order valence-electron chi connectivity index (χ3n) is 2.86. The van der Waals surface area contributed by atoms with E-state index < -0.39 is 11.7 Å². The van der Waals surface area contributed by atoms with Crippen LogP contribution in [-0.2, 0) is 11.0 Å². The molecule has 1 saturated heterocycles. The lowest BCUT2D eigenvalue weighted by molar-refractivity contribution is -0.137. The number of carbonyl (C=O) groups is 1. The van der Waals surface area contributed by atoms with Gasteiger partial charge in [0.05, 0.1) is 11.6 Å². The molecule has 1 aliphatic heterocycles. The Morgan fingerprint density at radius 2 is 1.89 bits per heavy atom. The van der Waals surface area contributed by atoms with Crippen LogP contribution in [0.4, 0.5) is 18.9 Å². The Morgan fingerprint density at radius 3 is 2.37 bits per heavy atom. The van der Waals surface area contributed by atoms with Gasteiger partial charge in [0.25, 0.3) is 0 Å². The van der Waals surface area contributed by atoms with Crippen LogP contribution >= 0.6 is 12.4 Å². The third-order valence-corrected chi connectivity index (χ3v) is 2.86. The maximum absolute atomic E-state index is 12.3. The number of halogens is 4. The Morgan fingerprint density at radius 1 is 1.26 bits per heavy atom. The van der Waals surface area contributed by atoms with Crippen molar-refractivity contribution in [3.8, 4) is 0 Å². The molecule has 106 valence electrons. The highest BCUT2D eigenvalue weighted by Crippen LogP contribution is 2.29. The molecule has 1 fully saturated rings. The number of alkyl halides is 3. The predicted molar refractivity (Wildman–Crippen MR) is 68.3 cm³/mol. The number of anilines is 1. The van der Waals surface area contributed by atoms with Gasteiger partial charge in [0.1, 0.15) is 0 Å². The molecule has 2 N–H and O–H groups in total. The van der Waals surface area contributed by atoms with Crippen LogP contribution in [0.15, 0.2) is 24.3 Å². The Kier molecular flexibility index (Phi) is 5.20. The van der Waals surface area contributed by atoms with Gasteiger partial charge in [-0.2, -0.15) is 13.2 Å². The van der Waals surface area contributed by atoms with E-state index in [4.69, 9.17) is 0 Å². The minimum absolute atomic E-state index is 0. The highest BCUT2D eigenvalue weighted by atomic mass is 35.5. The molecule has 0 spiro atoms. The van der Waals surface area contributed by atoms with Crippen LogP contribution in [0.25, 0.3) is 0 Å². The van der Waals surface area contributed by atoms with Crippen molar-refractivity contribution in [3.63, 3.8) is 0 Å². The quantitative estimate of drug-likeness (QED) is 0.880. The highest BCUT2D eigenvalue weighted by molar-refractivity contribution is 5.95. The van der Waals surface area contributed by atoms with Crippen molar-refractivity contribution in [1.29, 1.82) is 0 Å². The Hall–Kier alpha value is -1.27. The first kappa shape index (κ1) is 15.8. The lowest BCUT2D eigenvalue weighted by atomic mass is 10.2. The van der Waals surface area contributed by atoms with Gasteiger partial charge in [-0.15, -0.1) is 12.4 Å². The molecule has 1 aromatic carbocycles. The molecule has 0 radical (unpaired) electrons. The zero-order valence-corrected chi connectivity index (χ0v) is 10.8. The van der Waals surface area contributed by atoms with E-state index in [1.54, 1.807) is 0 Å². The van der Waals surface area contributed by atoms with Gasteiger partial charge in [-0.3, -0.25) is 4.79 Å². The first-order chi connectivity index (χ1) is 8.47. The molecular formula is C12H14ClF3N2O. The van der Waals surface area contributed by atoms with Gasteiger partial charge in [0.2, 0.25) is 5.91 Å². The number of carbonyl (C=O) groups excluding carboxylic acids is 1. The van der Waals surface area contributed by atoms with Crippen molar-refractivity contribution in [2.75, 3.05) is 11.9 Å². The molecule has 1 atom stereocenters. The second kappa shape index (κ2) is 6.25. The number of rotatable bonds is 2. The average Bonchev–Trinajstić information content (AvgIpc) is 2.82. The van der Waals surface area contributed by atoms with E-state index in [1.807, 2.05) is 0 Å². The van der Waals surface area contributed by atoms with Crippen molar-refractivity contribution in [1.82, 2.24) is 5.32 Å². The minimum Gasteiger partial charge on any atom is -0.325 e. The van der Waals surface area contributed by atoms with Crippen molar-refractivity contribution >= 4 is 24.0 Å². The largest absolute Gasteiger partial charge is 0.416 e. The summed E-state index contributed by atoms with van der Waals surface area (Å²) in [5, 5.41) is 5.61. The van der Waals surface area contributed by atoms with Crippen LogP contribution in [-0.4, -0.2) is 18.5 Å². The maximum atomic E-state index is 12.3. The van der Waals surface area contributed by atoms with Crippen molar-refractivity contribution < 1.29 is 18.0 Å². The fourth-order valence-corrected chi connectivity index (χ4v) is 1.88. The van der Waals surface area contributed by atoms with Gasteiger partial charge in [-0.25, -0.2) is 0 Å². The van der Waals surface area contributed by atoms with Crippen LogP contribution in [0.2, 0.25) is 0 Å². The van der Waals surface area contributed by atoms with Gasteiger partial charge in [-0.1, -0.05) is 0 Å². The molecule has 19 heavy (non-hydrogen) atoms. The van der Waals surface area contributed by atoms with Crippen molar-refractivity contribution in [2.45, 2.75) is 25.1 Å². The fourth-order valence-electron chi connectivity index (χ4n) is 1.88. The monoisotopic (exact) mass is 294 g/mol. The van der Waals surface area contributed by atoms with Crippen LogP contribution in [0, 0.1) is 0 Å². The number of amides is 1. The predicted octanol–water partition coefficient (Wildman–Crippen LogP) is 2.82. The maximum Gasteiger partial charge on any atom is 0.416 e. The molecule has 3 nitrogen and oxygen atoms in total. The van der Waals surface area contributed by atoms with Crippen LogP contribution in [0.1, 0.15) is 18.4 Å². The molecule has 0 saturated carbocycles. The molecule has 1 heterocycles. The standard InChI is InChI=1S/C12H13F3N2O.ClH/c13-12(14,15)8-3-5-9(6-4-8)17-11(18)10-2-1-7-16-10;/h3-6,10,16H,1-2,7H2,(H,17,18);1H. The Balaban J connectivity index is 0.00000180. The van der Waals surface area contributed by atoms with E-state index in [1.165, 1.54) is 12.1 Å². The van der Waals surface area contributed by atoms with E-state index in [0.29, 0.717) is 5.69 Å². The van der Waals surface area contributed by atoms with Gasteiger partial charge < -0.3 is 10.6 Å². The zero-order valence-electron chi connectivity index (χ0n) is 9.96. The molecule has 1 aliphatic rings. The van der Waals surface area contributed by atoms with Gasteiger partial charge in [0, 0.05) is 5.69 Å². The van der Waals surface area contributed by atoms with E-state index in [0.717, 1.165) is 31.5 Å². The number of benzene rings is 1. The van der Waals surface area contributed by atoms with Gasteiger partial charge in [-0.05, 0) is 43.7 Å². The smallest absolute Gasteiger partial charge is 0.325 e. The molecule has 1 unspecified atom stereocenters.